The predicted octanol–water partition coefficient (Wildman–Crippen LogP) is 4.00. The minimum atomic E-state index is 0.160. The average molecular weight is 402 g/mol. The Morgan fingerprint density at radius 2 is 1.71 bits per heavy atom. The first-order valence-corrected chi connectivity index (χ1v) is 11.4. The Morgan fingerprint density at radius 3 is 2.39 bits per heavy atom. The summed E-state index contributed by atoms with van der Waals surface area (Å²) in [4.78, 5) is 30.2. The normalized spacial score (nSPS) is 14.9. The lowest BCUT2D eigenvalue weighted by molar-refractivity contribution is -0.131. The van der Waals surface area contributed by atoms with Gasteiger partial charge in [-0.1, -0.05) is 31.0 Å². The molecule has 1 aromatic heterocycles. The molecule has 1 aliphatic rings. The van der Waals surface area contributed by atoms with E-state index in [2.05, 4.69) is 12.1 Å². The second kappa shape index (κ2) is 10.0. The second-order valence-electron chi connectivity index (χ2n) is 7.29. The number of rotatable bonds is 7. The van der Waals surface area contributed by atoms with Gasteiger partial charge in [0.1, 0.15) is 6.54 Å². The number of hydrogen-bond donors (Lipinski definition) is 0. The maximum absolute atomic E-state index is 12.8. The van der Waals surface area contributed by atoms with E-state index in [0.29, 0.717) is 12.3 Å². The van der Waals surface area contributed by atoms with E-state index in [0.717, 1.165) is 54.8 Å². The maximum Gasteiger partial charge on any atom is 0.242 e. The molecule has 1 aliphatic heterocycles. The summed E-state index contributed by atoms with van der Waals surface area (Å²) in [6, 6.07) is 8.15. The Kier molecular flexibility index (Phi) is 7.43. The van der Waals surface area contributed by atoms with Crippen molar-refractivity contribution in [2.24, 2.45) is 0 Å². The Hall–Kier alpha value is -1.95. The van der Waals surface area contributed by atoms with E-state index in [1.54, 1.807) is 11.8 Å². The molecule has 1 aromatic carbocycles. The molecule has 2 aromatic rings. The van der Waals surface area contributed by atoms with Gasteiger partial charge in [-0.25, -0.2) is 0 Å². The summed E-state index contributed by atoms with van der Waals surface area (Å²) in [5.41, 5.74) is 1.06. The van der Waals surface area contributed by atoms with E-state index < -0.39 is 0 Å². The van der Waals surface area contributed by atoms with Gasteiger partial charge in [-0.15, -0.1) is 11.8 Å². The third-order valence-electron chi connectivity index (χ3n) is 5.48. The van der Waals surface area contributed by atoms with Crippen molar-refractivity contribution in [3.63, 3.8) is 0 Å². The van der Waals surface area contributed by atoms with Gasteiger partial charge < -0.3 is 14.4 Å². The zero-order chi connectivity index (χ0) is 19.9. The minimum absolute atomic E-state index is 0.160. The molecule has 28 heavy (non-hydrogen) atoms. The summed E-state index contributed by atoms with van der Waals surface area (Å²) in [5.74, 6) is 0.779. The number of thioether (sulfide) groups is 1. The number of carbonyl (C=O) groups excluding carboxylic acids is 2. The Morgan fingerprint density at radius 1 is 1.04 bits per heavy atom. The maximum atomic E-state index is 12.8. The molecule has 0 spiro atoms. The van der Waals surface area contributed by atoms with Crippen molar-refractivity contribution in [3.8, 4) is 0 Å². The molecule has 6 heteroatoms. The number of likely N-dealkylation sites (tertiary alicyclic amines) is 1. The number of amides is 2. The van der Waals surface area contributed by atoms with E-state index in [-0.39, 0.29) is 11.8 Å². The van der Waals surface area contributed by atoms with Crippen LogP contribution < -0.4 is 0 Å². The molecule has 0 radical (unpaired) electrons. The highest BCUT2D eigenvalue weighted by atomic mass is 32.2. The average Bonchev–Trinajstić information content (AvgIpc) is 2.87. The summed E-state index contributed by atoms with van der Waals surface area (Å²) in [5, 5.41) is 1.11. The molecule has 3 rings (SSSR count). The first-order chi connectivity index (χ1) is 13.6. The molecule has 0 N–H and O–H groups in total. The standard InChI is InChI=1S/C22H31N3O2S/c1-3-23(4-2)22(27)17-28-20-15-25(19-12-8-7-11-18(19)20)16-21(26)24-13-9-5-6-10-14-24/h7-8,11-12,15H,3-6,9-10,13-14,16-17H2,1-2H3. The van der Waals surface area contributed by atoms with Crippen molar-refractivity contribution >= 4 is 34.5 Å². The van der Waals surface area contributed by atoms with Crippen molar-refractivity contribution in [1.82, 2.24) is 14.4 Å². The fraction of sp³-hybridized carbons (Fsp3) is 0.545. The molecule has 1 fully saturated rings. The molecule has 0 bridgehead atoms. The smallest absolute Gasteiger partial charge is 0.242 e. The fourth-order valence-corrected chi connectivity index (χ4v) is 4.82. The monoisotopic (exact) mass is 401 g/mol. The van der Waals surface area contributed by atoms with Gasteiger partial charge in [0.2, 0.25) is 11.8 Å². The van der Waals surface area contributed by atoms with Gasteiger partial charge in [0.25, 0.3) is 0 Å². The van der Waals surface area contributed by atoms with Crippen LogP contribution in [0.15, 0.2) is 35.4 Å². The van der Waals surface area contributed by atoms with Gasteiger partial charge in [-0.2, -0.15) is 0 Å². The molecule has 1 saturated heterocycles. The van der Waals surface area contributed by atoms with Crippen LogP contribution in [0.5, 0.6) is 0 Å². The zero-order valence-corrected chi connectivity index (χ0v) is 17.8. The van der Waals surface area contributed by atoms with Crippen LogP contribution in [0.4, 0.5) is 0 Å². The van der Waals surface area contributed by atoms with Gasteiger partial charge in [0.05, 0.1) is 5.75 Å². The van der Waals surface area contributed by atoms with E-state index in [1.165, 1.54) is 12.8 Å². The first-order valence-electron chi connectivity index (χ1n) is 10.4. The lowest BCUT2D eigenvalue weighted by Gasteiger charge is -2.20. The van der Waals surface area contributed by atoms with Crippen LogP contribution >= 0.6 is 11.8 Å². The minimum Gasteiger partial charge on any atom is -0.343 e. The Balaban J connectivity index is 1.74. The molecule has 0 aliphatic carbocycles. The summed E-state index contributed by atoms with van der Waals surface area (Å²) < 4.78 is 2.05. The van der Waals surface area contributed by atoms with Crippen molar-refractivity contribution in [1.29, 1.82) is 0 Å². The molecule has 0 unspecified atom stereocenters. The summed E-state index contributed by atoms with van der Waals surface area (Å²) in [7, 11) is 0. The van der Waals surface area contributed by atoms with Gasteiger partial charge in [0, 0.05) is 48.2 Å². The summed E-state index contributed by atoms with van der Waals surface area (Å²) >= 11 is 1.57. The van der Waals surface area contributed by atoms with Crippen molar-refractivity contribution in [2.45, 2.75) is 51.0 Å². The predicted molar refractivity (Wildman–Crippen MR) is 116 cm³/mol. The highest BCUT2D eigenvalue weighted by Crippen LogP contribution is 2.30. The van der Waals surface area contributed by atoms with Crippen LogP contribution in [0.25, 0.3) is 10.9 Å². The van der Waals surface area contributed by atoms with Crippen molar-refractivity contribution in [2.75, 3.05) is 31.9 Å². The van der Waals surface area contributed by atoms with Gasteiger partial charge >= 0.3 is 0 Å². The van der Waals surface area contributed by atoms with Crippen LogP contribution in [0, 0.1) is 0 Å². The van der Waals surface area contributed by atoms with E-state index in [1.807, 2.05) is 46.5 Å². The lowest BCUT2D eigenvalue weighted by atomic mass is 10.2. The molecular formula is C22H31N3O2S. The largest absolute Gasteiger partial charge is 0.343 e. The SMILES string of the molecule is CCN(CC)C(=O)CSc1cn(CC(=O)N2CCCCCC2)c2ccccc12. The molecule has 0 saturated carbocycles. The van der Waals surface area contributed by atoms with Gasteiger partial charge in [-0.3, -0.25) is 9.59 Å². The van der Waals surface area contributed by atoms with Crippen LogP contribution in [-0.2, 0) is 16.1 Å². The number of fused-ring (bicyclic) bond motifs is 1. The first kappa shape index (κ1) is 20.8. The van der Waals surface area contributed by atoms with Crippen LogP contribution in [0.2, 0.25) is 0 Å². The summed E-state index contributed by atoms with van der Waals surface area (Å²) in [6.07, 6.45) is 6.69. The van der Waals surface area contributed by atoms with Crippen LogP contribution in [0.3, 0.4) is 0 Å². The number of benzene rings is 1. The molecule has 152 valence electrons. The molecule has 5 nitrogen and oxygen atoms in total. The lowest BCUT2D eigenvalue weighted by Crippen LogP contribution is -2.34. The molecular weight excluding hydrogens is 370 g/mol. The fourth-order valence-electron chi connectivity index (χ4n) is 3.83. The third-order valence-corrected chi connectivity index (χ3v) is 6.51. The van der Waals surface area contributed by atoms with E-state index in [4.69, 9.17) is 0 Å². The second-order valence-corrected chi connectivity index (χ2v) is 8.31. The molecule has 0 atom stereocenters. The van der Waals surface area contributed by atoms with Gasteiger partial charge in [-0.05, 0) is 32.8 Å². The van der Waals surface area contributed by atoms with E-state index in [9.17, 15) is 9.59 Å². The number of para-hydroxylation sites is 1. The van der Waals surface area contributed by atoms with Crippen molar-refractivity contribution in [3.05, 3.63) is 30.5 Å². The quantitative estimate of drug-likeness (QED) is 0.659. The number of carbonyl (C=O) groups is 2. The topological polar surface area (TPSA) is 45.6 Å². The summed E-state index contributed by atoms with van der Waals surface area (Å²) in [6.45, 7) is 7.60. The Labute approximate surface area is 172 Å². The molecule has 2 heterocycles. The number of hydrogen-bond acceptors (Lipinski definition) is 3. The number of aromatic nitrogens is 1. The van der Waals surface area contributed by atoms with Crippen LogP contribution in [-0.4, -0.2) is 58.1 Å². The highest BCUT2D eigenvalue weighted by Gasteiger charge is 2.18. The molecule has 2 amide bonds. The third kappa shape index (κ3) is 4.90. The van der Waals surface area contributed by atoms with E-state index >= 15 is 0 Å². The van der Waals surface area contributed by atoms with Crippen molar-refractivity contribution < 1.29 is 9.59 Å². The highest BCUT2D eigenvalue weighted by molar-refractivity contribution is 8.00. The Bertz CT molecular complexity index is 805. The number of nitrogens with zero attached hydrogens (tertiary/aromatic N) is 3. The van der Waals surface area contributed by atoms with Crippen LogP contribution in [0.1, 0.15) is 39.5 Å². The zero-order valence-electron chi connectivity index (χ0n) is 17.0. The van der Waals surface area contributed by atoms with Gasteiger partial charge in [0.15, 0.2) is 0 Å².